The lowest BCUT2D eigenvalue weighted by atomic mass is 9.75. The first-order valence-electron chi connectivity index (χ1n) is 7.06. The quantitative estimate of drug-likeness (QED) is 0.658. The van der Waals surface area contributed by atoms with Crippen molar-refractivity contribution in [2.75, 3.05) is 0 Å². The normalized spacial score (nSPS) is 18.0. The summed E-state index contributed by atoms with van der Waals surface area (Å²) in [6.07, 6.45) is 8.22. The predicted octanol–water partition coefficient (Wildman–Crippen LogP) is 5.47. The van der Waals surface area contributed by atoms with Crippen LogP contribution >= 0.6 is 11.6 Å². The second-order valence-corrected chi connectivity index (χ2v) is 5.84. The zero-order valence-electron chi connectivity index (χ0n) is 11.7. The molecule has 2 aromatic rings. The van der Waals surface area contributed by atoms with Crippen LogP contribution in [0.25, 0.3) is 0 Å². The number of hydrogen-bond donors (Lipinski definition) is 0. The molecule has 0 heterocycles. The van der Waals surface area contributed by atoms with E-state index < -0.39 is 4.87 Å². The standard InChI is InChI=1S/C20H17Cl/c1-16-10-8-9-15-19(16)20(21,17-11-4-2-5-12-17)18-13-6-3-7-14-18/h2-15,19H,1H2. The summed E-state index contributed by atoms with van der Waals surface area (Å²) in [4.78, 5) is -0.638. The van der Waals surface area contributed by atoms with Crippen molar-refractivity contribution in [3.63, 3.8) is 0 Å². The first-order valence-corrected chi connectivity index (χ1v) is 7.44. The average molecular weight is 293 g/mol. The summed E-state index contributed by atoms with van der Waals surface area (Å²) in [5.74, 6) is 0.0361. The monoisotopic (exact) mass is 292 g/mol. The number of benzene rings is 2. The van der Waals surface area contributed by atoms with Gasteiger partial charge in [-0.25, -0.2) is 0 Å². The van der Waals surface area contributed by atoms with Crippen molar-refractivity contribution in [1.29, 1.82) is 0 Å². The lowest BCUT2D eigenvalue weighted by Crippen LogP contribution is -2.31. The fourth-order valence-corrected chi connectivity index (χ4v) is 3.32. The van der Waals surface area contributed by atoms with E-state index in [-0.39, 0.29) is 5.92 Å². The predicted molar refractivity (Wildman–Crippen MR) is 90.4 cm³/mol. The minimum atomic E-state index is -0.638. The molecule has 0 aromatic heterocycles. The Labute approximate surface area is 131 Å². The van der Waals surface area contributed by atoms with Crippen LogP contribution in [-0.2, 0) is 4.87 Å². The van der Waals surface area contributed by atoms with Crippen molar-refractivity contribution in [2.45, 2.75) is 4.87 Å². The number of hydrogen-bond acceptors (Lipinski definition) is 0. The van der Waals surface area contributed by atoms with Gasteiger partial charge in [0.05, 0.1) is 0 Å². The third-order valence-electron chi connectivity index (χ3n) is 3.94. The lowest BCUT2D eigenvalue weighted by Gasteiger charge is -2.36. The number of allylic oxidation sites excluding steroid dienone is 5. The molecule has 0 bridgehead atoms. The van der Waals surface area contributed by atoms with Gasteiger partial charge in [0.1, 0.15) is 4.87 Å². The highest BCUT2D eigenvalue weighted by molar-refractivity contribution is 6.26. The zero-order chi connectivity index (χ0) is 14.7. The minimum absolute atomic E-state index is 0.0361. The van der Waals surface area contributed by atoms with Crippen molar-refractivity contribution >= 4 is 11.6 Å². The molecule has 104 valence electrons. The van der Waals surface area contributed by atoms with Gasteiger partial charge < -0.3 is 0 Å². The van der Waals surface area contributed by atoms with Gasteiger partial charge in [0.15, 0.2) is 0 Å². The van der Waals surface area contributed by atoms with E-state index in [0.29, 0.717) is 0 Å². The molecule has 0 fully saturated rings. The van der Waals surface area contributed by atoms with Crippen LogP contribution in [0.2, 0.25) is 0 Å². The molecule has 0 radical (unpaired) electrons. The van der Waals surface area contributed by atoms with Gasteiger partial charge in [-0.15, -0.1) is 11.6 Å². The van der Waals surface area contributed by atoms with Crippen molar-refractivity contribution in [3.05, 3.63) is 108 Å². The van der Waals surface area contributed by atoms with Gasteiger partial charge >= 0.3 is 0 Å². The molecular weight excluding hydrogens is 276 g/mol. The van der Waals surface area contributed by atoms with Gasteiger partial charge in [0.25, 0.3) is 0 Å². The molecule has 0 nitrogen and oxygen atoms in total. The molecule has 1 atom stereocenters. The molecule has 0 saturated carbocycles. The Morgan fingerprint density at radius 2 is 1.33 bits per heavy atom. The van der Waals surface area contributed by atoms with E-state index in [1.54, 1.807) is 0 Å². The van der Waals surface area contributed by atoms with Crippen LogP contribution in [0.3, 0.4) is 0 Å². The van der Waals surface area contributed by atoms with Gasteiger partial charge in [-0.3, -0.25) is 0 Å². The number of halogens is 1. The maximum atomic E-state index is 7.22. The third kappa shape index (κ3) is 2.48. The molecular formula is C20H17Cl. The van der Waals surface area contributed by atoms with E-state index in [4.69, 9.17) is 11.6 Å². The molecule has 1 aliphatic rings. The van der Waals surface area contributed by atoms with Crippen LogP contribution in [0.4, 0.5) is 0 Å². The maximum Gasteiger partial charge on any atom is 0.105 e. The van der Waals surface area contributed by atoms with Crippen LogP contribution < -0.4 is 0 Å². The van der Waals surface area contributed by atoms with E-state index in [1.165, 1.54) is 0 Å². The SMILES string of the molecule is C=C1C=CC=CC1C(Cl)(c1ccccc1)c1ccccc1. The first kappa shape index (κ1) is 13.9. The Balaban J connectivity index is 2.18. The smallest absolute Gasteiger partial charge is 0.105 e. The van der Waals surface area contributed by atoms with E-state index in [0.717, 1.165) is 16.7 Å². The topological polar surface area (TPSA) is 0 Å². The molecule has 0 saturated heterocycles. The molecule has 0 amide bonds. The Morgan fingerprint density at radius 3 is 1.81 bits per heavy atom. The summed E-state index contributed by atoms with van der Waals surface area (Å²) in [7, 11) is 0. The average Bonchev–Trinajstić information content (AvgIpc) is 2.56. The lowest BCUT2D eigenvalue weighted by molar-refractivity contribution is 0.592. The maximum absolute atomic E-state index is 7.22. The second kappa shape index (κ2) is 5.75. The van der Waals surface area contributed by atoms with Gasteiger partial charge in [-0.05, 0) is 16.7 Å². The van der Waals surface area contributed by atoms with Crippen LogP contribution in [-0.4, -0.2) is 0 Å². The Bertz CT molecular complexity index is 641. The summed E-state index contributed by atoms with van der Waals surface area (Å²) in [6, 6.07) is 20.5. The largest absolute Gasteiger partial charge is 0.108 e. The van der Waals surface area contributed by atoms with E-state index >= 15 is 0 Å². The molecule has 1 unspecified atom stereocenters. The second-order valence-electron chi connectivity index (χ2n) is 5.24. The van der Waals surface area contributed by atoms with Crippen molar-refractivity contribution < 1.29 is 0 Å². The highest BCUT2D eigenvalue weighted by Crippen LogP contribution is 2.47. The fourth-order valence-electron chi connectivity index (χ4n) is 2.86. The summed E-state index contributed by atoms with van der Waals surface area (Å²) in [5.41, 5.74) is 3.20. The molecule has 21 heavy (non-hydrogen) atoms. The summed E-state index contributed by atoms with van der Waals surface area (Å²) in [6.45, 7) is 4.19. The van der Waals surface area contributed by atoms with Crippen molar-refractivity contribution in [2.24, 2.45) is 5.92 Å². The van der Waals surface area contributed by atoms with Crippen LogP contribution in [0.5, 0.6) is 0 Å². The molecule has 0 N–H and O–H groups in total. The highest BCUT2D eigenvalue weighted by atomic mass is 35.5. The molecule has 1 aliphatic carbocycles. The minimum Gasteiger partial charge on any atom is -0.108 e. The van der Waals surface area contributed by atoms with Gasteiger partial charge in [0.2, 0.25) is 0 Å². The van der Waals surface area contributed by atoms with Crippen molar-refractivity contribution in [1.82, 2.24) is 0 Å². The Hall–Kier alpha value is -2.05. The van der Waals surface area contributed by atoms with Gasteiger partial charge in [0, 0.05) is 5.92 Å². The number of rotatable bonds is 3. The van der Waals surface area contributed by atoms with E-state index in [9.17, 15) is 0 Å². The molecule has 0 spiro atoms. The van der Waals surface area contributed by atoms with E-state index in [2.05, 4.69) is 36.9 Å². The molecule has 1 heteroatoms. The number of alkyl halides is 1. The van der Waals surface area contributed by atoms with Crippen LogP contribution in [0, 0.1) is 5.92 Å². The van der Waals surface area contributed by atoms with Crippen LogP contribution in [0.15, 0.2) is 97.1 Å². The third-order valence-corrected chi connectivity index (χ3v) is 4.61. The summed E-state index contributed by atoms with van der Waals surface area (Å²) in [5, 5.41) is 0. The van der Waals surface area contributed by atoms with Crippen molar-refractivity contribution in [3.8, 4) is 0 Å². The zero-order valence-corrected chi connectivity index (χ0v) is 12.5. The molecule has 0 aliphatic heterocycles. The summed E-state index contributed by atoms with van der Waals surface area (Å²) >= 11 is 7.22. The highest BCUT2D eigenvalue weighted by Gasteiger charge is 2.40. The molecule has 2 aromatic carbocycles. The van der Waals surface area contributed by atoms with E-state index in [1.807, 2.05) is 54.6 Å². The molecule has 3 rings (SSSR count). The Kier molecular flexibility index (Phi) is 3.81. The van der Waals surface area contributed by atoms with Gasteiger partial charge in [-0.2, -0.15) is 0 Å². The summed E-state index contributed by atoms with van der Waals surface area (Å²) < 4.78 is 0. The van der Waals surface area contributed by atoms with Crippen LogP contribution in [0.1, 0.15) is 11.1 Å². The first-order chi connectivity index (χ1) is 10.2. The fraction of sp³-hybridized carbons (Fsp3) is 0.100. The van der Waals surface area contributed by atoms with Gasteiger partial charge in [-0.1, -0.05) is 91.5 Å². The Morgan fingerprint density at radius 1 is 0.810 bits per heavy atom.